The average molecular weight is 397 g/mol. The van der Waals surface area contributed by atoms with Gasteiger partial charge in [-0.3, -0.25) is 14.2 Å². The van der Waals surface area contributed by atoms with E-state index in [-0.39, 0.29) is 18.1 Å². The molecular weight excluding hydrogens is 380 g/mol. The highest BCUT2D eigenvalue weighted by molar-refractivity contribution is 6.04. The molecule has 2 aromatic heterocycles. The molecule has 0 aliphatic rings. The van der Waals surface area contributed by atoms with Gasteiger partial charge in [-0.05, 0) is 18.2 Å². The highest BCUT2D eigenvalue weighted by atomic mass is 19.3. The van der Waals surface area contributed by atoms with Crippen LogP contribution >= 0.6 is 0 Å². The van der Waals surface area contributed by atoms with Crippen LogP contribution in [0.1, 0.15) is 35.7 Å². The molecule has 4 aromatic rings. The molecule has 0 unspecified atom stereocenters. The Labute approximate surface area is 163 Å². The molecule has 2 heterocycles. The van der Waals surface area contributed by atoms with Crippen molar-refractivity contribution in [1.29, 1.82) is 0 Å². The number of benzene rings is 2. The number of hydrogen-bond donors (Lipinski definition) is 2. The van der Waals surface area contributed by atoms with Crippen molar-refractivity contribution >= 4 is 27.7 Å². The second-order valence-electron chi connectivity index (χ2n) is 6.66. The number of alkyl halides is 2. The molecule has 1 amide bonds. The van der Waals surface area contributed by atoms with E-state index in [2.05, 4.69) is 20.5 Å². The van der Waals surface area contributed by atoms with Crippen LogP contribution in [0.5, 0.6) is 0 Å². The second-order valence-corrected chi connectivity index (χ2v) is 6.66. The lowest BCUT2D eigenvalue weighted by Crippen LogP contribution is -2.30. The zero-order chi connectivity index (χ0) is 20.5. The van der Waals surface area contributed by atoms with Gasteiger partial charge >= 0.3 is 6.55 Å². The Kier molecular flexibility index (Phi) is 4.79. The van der Waals surface area contributed by atoms with Gasteiger partial charge in [0, 0.05) is 17.8 Å². The van der Waals surface area contributed by atoms with E-state index in [1.807, 2.05) is 0 Å². The number of nitrogens with zero attached hydrogens (tertiary/aromatic N) is 3. The number of aromatic nitrogens is 4. The van der Waals surface area contributed by atoms with Gasteiger partial charge in [-0.2, -0.15) is 13.9 Å². The first kappa shape index (κ1) is 18.7. The summed E-state index contributed by atoms with van der Waals surface area (Å²) in [7, 11) is 0. The quantitative estimate of drug-likeness (QED) is 0.541. The first-order chi connectivity index (χ1) is 14.0. The molecule has 148 valence electrons. The van der Waals surface area contributed by atoms with Gasteiger partial charge in [0.05, 0.1) is 16.4 Å². The third-order valence-electron chi connectivity index (χ3n) is 4.74. The summed E-state index contributed by atoms with van der Waals surface area (Å²) in [6.07, 6.45) is 0. The molecule has 4 rings (SSSR count). The number of hydrogen-bond acceptors (Lipinski definition) is 4. The topological polar surface area (TPSA) is 92.7 Å². The molecule has 0 fully saturated rings. The van der Waals surface area contributed by atoms with Crippen LogP contribution in [0.4, 0.5) is 8.78 Å². The van der Waals surface area contributed by atoms with Crippen molar-refractivity contribution in [1.82, 2.24) is 25.1 Å². The van der Waals surface area contributed by atoms with Gasteiger partial charge in [-0.1, -0.05) is 37.3 Å². The summed E-state index contributed by atoms with van der Waals surface area (Å²) >= 11 is 0. The van der Waals surface area contributed by atoms with E-state index in [0.717, 1.165) is 4.57 Å². The minimum absolute atomic E-state index is 0.0646. The fraction of sp³-hybridized carbons (Fsp3) is 0.200. The molecule has 0 saturated carbocycles. The van der Waals surface area contributed by atoms with Crippen LogP contribution in [0.2, 0.25) is 0 Å². The van der Waals surface area contributed by atoms with E-state index in [9.17, 15) is 18.4 Å². The number of amides is 1. The fourth-order valence-corrected chi connectivity index (χ4v) is 3.32. The Morgan fingerprint density at radius 2 is 1.83 bits per heavy atom. The molecule has 0 saturated heterocycles. The Bertz CT molecular complexity index is 1260. The molecule has 2 aromatic carbocycles. The monoisotopic (exact) mass is 397 g/mol. The summed E-state index contributed by atoms with van der Waals surface area (Å²) in [5, 5.41) is 9.61. The minimum Gasteiger partial charge on any atom is -0.350 e. The van der Waals surface area contributed by atoms with Gasteiger partial charge in [0.25, 0.3) is 11.5 Å². The number of imidazole rings is 1. The molecule has 0 radical (unpaired) electrons. The molecule has 1 atom stereocenters. The van der Waals surface area contributed by atoms with Gasteiger partial charge in [-0.15, -0.1) is 0 Å². The van der Waals surface area contributed by atoms with Crippen LogP contribution in [0.15, 0.2) is 53.3 Å². The fourth-order valence-electron chi connectivity index (χ4n) is 3.32. The molecule has 2 N–H and O–H groups in total. The number of H-pyrrole nitrogens is 1. The summed E-state index contributed by atoms with van der Waals surface area (Å²) < 4.78 is 28.1. The normalized spacial score (nSPS) is 12.6. The van der Waals surface area contributed by atoms with Crippen LogP contribution in [0.25, 0.3) is 21.8 Å². The molecule has 0 bridgehead atoms. The van der Waals surface area contributed by atoms with Crippen LogP contribution < -0.4 is 10.9 Å². The summed E-state index contributed by atoms with van der Waals surface area (Å²) in [5.74, 6) is -0.806. The summed E-state index contributed by atoms with van der Waals surface area (Å²) in [6.45, 7) is -0.969. The molecule has 0 aliphatic heterocycles. The Hall–Kier alpha value is -3.62. The van der Waals surface area contributed by atoms with Crippen molar-refractivity contribution in [3.8, 4) is 0 Å². The smallest absolute Gasteiger partial charge is 0.320 e. The second kappa shape index (κ2) is 7.42. The number of nitrogens with one attached hydrogen (secondary N) is 2. The van der Waals surface area contributed by atoms with Crippen molar-refractivity contribution in [3.63, 3.8) is 0 Å². The van der Waals surface area contributed by atoms with Crippen molar-refractivity contribution in [3.05, 3.63) is 70.4 Å². The highest BCUT2D eigenvalue weighted by Gasteiger charge is 2.23. The Morgan fingerprint density at radius 3 is 2.59 bits per heavy atom. The first-order valence-corrected chi connectivity index (χ1v) is 8.98. The third-order valence-corrected chi connectivity index (χ3v) is 4.74. The van der Waals surface area contributed by atoms with E-state index in [1.54, 1.807) is 55.5 Å². The van der Waals surface area contributed by atoms with Crippen LogP contribution in [0, 0.1) is 0 Å². The number of para-hydroxylation sites is 2. The predicted molar refractivity (Wildman–Crippen MR) is 104 cm³/mol. The maximum absolute atomic E-state index is 13.6. The van der Waals surface area contributed by atoms with Gasteiger partial charge in [-0.25, -0.2) is 10.1 Å². The lowest BCUT2D eigenvalue weighted by Gasteiger charge is -2.15. The largest absolute Gasteiger partial charge is 0.350 e. The van der Waals surface area contributed by atoms with Crippen molar-refractivity contribution < 1.29 is 13.6 Å². The maximum atomic E-state index is 13.6. The molecule has 0 spiro atoms. The van der Waals surface area contributed by atoms with E-state index < -0.39 is 23.9 Å². The minimum atomic E-state index is -2.75. The molecule has 29 heavy (non-hydrogen) atoms. The SMILES string of the molecule is C[C@@H](CNC(=O)c1n[nH]c(=O)c2ccccc12)c1nc2ccccc2n1C(F)F. The Balaban J connectivity index is 1.60. The van der Waals surface area contributed by atoms with Crippen LogP contribution in [-0.2, 0) is 0 Å². The van der Waals surface area contributed by atoms with Gasteiger partial charge in [0.1, 0.15) is 5.82 Å². The number of halogens is 2. The lowest BCUT2D eigenvalue weighted by atomic mass is 10.1. The zero-order valence-electron chi connectivity index (χ0n) is 15.4. The summed E-state index contributed by atoms with van der Waals surface area (Å²) in [5.41, 5.74) is 0.476. The van der Waals surface area contributed by atoms with E-state index in [4.69, 9.17) is 0 Å². The Morgan fingerprint density at radius 1 is 1.14 bits per heavy atom. The van der Waals surface area contributed by atoms with Crippen LogP contribution in [-0.4, -0.2) is 32.2 Å². The molecular formula is C20H17F2N5O2. The maximum Gasteiger partial charge on any atom is 0.320 e. The summed E-state index contributed by atoms with van der Waals surface area (Å²) in [4.78, 5) is 28.8. The number of carbonyl (C=O) groups is 1. The average Bonchev–Trinajstić information content (AvgIpc) is 3.12. The third kappa shape index (κ3) is 3.35. The number of fused-ring (bicyclic) bond motifs is 2. The summed E-state index contributed by atoms with van der Waals surface area (Å²) in [6, 6.07) is 13.3. The first-order valence-electron chi connectivity index (χ1n) is 8.98. The number of aromatic amines is 1. The van der Waals surface area contributed by atoms with Crippen LogP contribution in [0.3, 0.4) is 0 Å². The number of rotatable bonds is 5. The molecule has 7 nitrogen and oxygen atoms in total. The lowest BCUT2D eigenvalue weighted by molar-refractivity contribution is 0.0704. The van der Waals surface area contributed by atoms with Crippen molar-refractivity contribution in [2.45, 2.75) is 19.4 Å². The van der Waals surface area contributed by atoms with Crippen molar-refractivity contribution in [2.24, 2.45) is 0 Å². The molecule has 9 heteroatoms. The van der Waals surface area contributed by atoms with E-state index in [0.29, 0.717) is 21.8 Å². The van der Waals surface area contributed by atoms with Gasteiger partial charge < -0.3 is 5.32 Å². The van der Waals surface area contributed by atoms with E-state index in [1.165, 1.54) is 0 Å². The highest BCUT2D eigenvalue weighted by Crippen LogP contribution is 2.27. The van der Waals surface area contributed by atoms with E-state index >= 15 is 0 Å². The number of carbonyl (C=O) groups excluding carboxylic acids is 1. The van der Waals surface area contributed by atoms with Crippen molar-refractivity contribution in [2.75, 3.05) is 6.54 Å². The molecule has 0 aliphatic carbocycles. The van der Waals surface area contributed by atoms with Gasteiger partial charge in [0.2, 0.25) is 0 Å². The zero-order valence-corrected chi connectivity index (χ0v) is 15.4. The van der Waals surface area contributed by atoms with Gasteiger partial charge in [0.15, 0.2) is 5.69 Å². The predicted octanol–water partition coefficient (Wildman–Crippen LogP) is 3.20. The standard InChI is InChI=1S/C20H17F2N5O2/c1-11(17-24-14-8-4-5-9-15(14)27(17)20(21)22)10-23-19(29)16-12-6-2-3-7-13(12)18(28)26-25-16/h2-9,11,20H,10H2,1H3,(H,23,29)(H,26,28)/t11-/m0/s1.